The number of hydrogen-bond acceptors (Lipinski definition) is 4. The van der Waals surface area contributed by atoms with Crippen LogP contribution in [-0.2, 0) is 0 Å². The molecule has 20 heavy (non-hydrogen) atoms. The first-order chi connectivity index (χ1) is 9.81. The van der Waals surface area contributed by atoms with E-state index < -0.39 is 0 Å². The van der Waals surface area contributed by atoms with E-state index in [0.717, 1.165) is 23.0 Å². The van der Waals surface area contributed by atoms with E-state index in [1.807, 2.05) is 28.9 Å². The third kappa shape index (κ3) is 2.05. The molecule has 1 aromatic carbocycles. The first kappa shape index (κ1) is 12.4. The number of fused-ring (bicyclic) bond motifs is 2. The first-order valence-electron chi connectivity index (χ1n) is 6.77. The van der Waals surface area contributed by atoms with Crippen LogP contribution in [0.3, 0.4) is 0 Å². The predicted molar refractivity (Wildman–Crippen MR) is 81.4 cm³/mol. The minimum Gasteiger partial charge on any atom is -0.187 e. The summed E-state index contributed by atoms with van der Waals surface area (Å²) in [6.07, 6.45) is 4.80. The highest BCUT2D eigenvalue weighted by atomic mass is 35.5. The molecule has 6 heteroatoms. The van der Waals surface area contributed by atoms with Crippen molar-refractivity contribution in [3.8, 4) is 11.4 Å². The van der Waals surface area contributed by atoms with E-state index in [1.54, 1.807) is 11.8 Å². The highest BCUT2D eigenvalue weighted by Gasteiger charge is 2.29. The molecule has 4 nitrogen and oxygen atoms in total. The summed E-state index contributed by atoms with van der Waals surface area (Å²) < 4.78 is 1.87. The molecule has 1 aromatic heterocycles. The minimum atomic E-state index is 0.493. The van der Waals surface area contributed by atoms with Gasteiger partial charge in [0, 0.05) is 10.6 Å². The fraction of sp³-hybridized carbons (Fsp3) is 0.357. The van der Waals surface area contributed by atoms with Crippen molar-refractivity contribution in [3.05, 3.63) is 29.3 Å². The molecule has 102 valence electrons. The quantitative estimate of drug-likeness (QED) is 0.803. The van der Waals surface area contributed by atoms with Crippen molar-refractivity contribution >= 4 is 29.1 Å². The Morgan fingerprint density at radius 2 is 2.20 bits per heavy atom. The highest BCUT2D eigenvalue weighted by Crippen LogP contribution is 2.37. The van der Waals surface area contributed by atoms with Gasteiger partial charge in [-0.15, -0.1) is 10.2 Å². The van der Waals surface area contributed by atoms with Crippen LogP contribution in [0.5, 0.6) is 0 Å². The summed E-state index contributed by atoms with van der Waals surface area (Å²) in [7, 11) is 0. The first-order valence-corrected chi connectivity index (χ1v) is 8.03. The van der Waals surface area contributed by atoms with Crippen molar-refractivity contribution in [3.63, 3.8) is 0 Å². The van der Waals surface area contributed by atoms with Crippen molar-refractivity contribution in [1.29, 1.82) is 0 Å². The number of rotatable bonds is 1. The van der Waals surface area contributed by atoms with E-state index >= 15 is 0 Å². The lowest BCUT2D eigenvalue weighted by atomic mass is 9.98. The Labute approximate surface area is 126 Å². The molecule has 1 saturated carbocycles. The topological polar surface area (TPSA) is 43.1 Å². The summed E-state index contributed by atoms with van der Waals surface area (Å²) in [5.74, 6) is 0.770. The summed E-state index contributed by atoms with van der Waals surface area (Å²) in [6, 6.07) is 7.67. The average Bonchev–Trinajstić information content (AvgIpc) is 2.87. The fourth-order valence-electron chi connectivity index (χ4n) is 2.70. The van der Waals surface area contributed by atoms with Crippen LogP contribution in [-0.4, -0.2) is 25.8 Å². The van der Waals surface area contributed by atoms with Crippen LogP contribution >= 0.6 is 23.4 Å². The highest BCUT2D eigenvalue weighted by molar-refractivity contribution is 8.00. The molecule has 0 radical (unpaired) electrons. The van der Waals surface area contributed by atoms with Gasteiger partial charge in [-0.2, -0.15) is 9.78 Å². The van der Waals surface area contributed by atoms with Crippen LogP contribution in [0, 0.1) is 0 Å². The third-order valence-electron chi connectivity index (χ3n) is 3.69. The van der Waals surface area contributed by atoms with E-state index in [9.17, 15) is 0 Å². The lowest BCUT2D eigenvalue weighted by Gasteiger charge is -2.26. The molecule has 0 N–H and O–H groups in total. The van der Waals surface area contributed by atoms with Crippen LogP contribution in [0.4, 0.5) is 0 Å². The lowest BCUT2D eigenvalue weighted by molar-refractivity contribution is 0.642. The van der Waals surface area contributed by atoms with Gasteiger partial charge in [0.15, 0.2) is 5.82 Å². The summed E-state index contributed by atoms with van der Waals surface area (Å²) in [5, 5.41) is 15.4. The Hall–Kier alpha value is -1.33. The Morgan fingerprint density at radius 3 is 3.10 bits per heavy atom. The smallest absolute Gasteiger partial charge is 0.187 e. The summed E-state index contributed by atoms with van der Waals surface area (Å²) in [6.45, 7) is 0. The SMILES string of the molecule is Clc1cccc(-c2nnc3n2N=C2CCCC[C@H]2S3)c1. The number of thioether (sulfide) groups is 1. The van der Waals surface area contributed by atoms with Crippen LogP contribution in [0.2, 0.25) is 5.02 Å². The van der Waals surface area contributed by atoms with Gasteiger partial charge in [-0.25, -0.2) is 0 Å². The monoisotopic (exact) mass is 304 g/mol. The molecular formula is C14H13ClN4S. The summed E-state index contributed by atoms with van der Waals surface area (Å²) in [4.78, 5) is 0. The van der Waals surface area contributed by atoms with Gasteiger partial charge in [0.2, 0.25) is 5.16 Å². The molecular weight excluding hydrogens is 292 g/mol. The van der Waals surface area contributed by atoms with E-state index in [2.05, 4.69) is 10.2 Å². The molecule has 1 fully saturated rings. The Kier molecular flexibility index (Phi) is 3.04. The lowest BCUT2D eigenvalue weighted by Crippen LogP contribution is -2.26. The fourth-order valence-corrected chi connectivity index (χ4v) is 4.04. The standard InChI is InChI=1S/C14H13ClN4S/c15-10-5-3-4-9(8-10)13-16-17-14-19(13)18-11-6-1-2-7-12(11)20-14/h3-5,8,12H,1-2,6-7H2/t12-/m1/s1. The molecule has 0 saturated heterocycles. The van der Waals surface area contributed by atoms with Crippen LogP contribution in [0.1, 0.15) is 25.7 Å². The normalized spacial score (nSPS) is 21.1. The third-order valence-corrected chi connectivity index (χ3v) is 5.18. The molecule has 0 amide bonds. The van der Waals surface area contributed by atoms with Gasteiger partial charge in [0.25, 0.3) is 0 Å². The van der Waals surface area contributed by atoms with Crippen molar-refractivity contribution in [2.24, 2.45) is 5.10 Å². The zero-order chi connectivity index (χ0) is 13.5. The van der Waals surface area contributed by atoms with Gasteiger partial charge in [-0.05, 0) is 31.4 Å². The molecule has 1 aliphatic heterocycles. The number of benzene rings is 1. The van der Waals surface area contributed by atoms with E-state index in [1.165, 1.54) is 25.0 Å². The average molecular weight is 305 g/mol. The number of nitrogens with zero attached hydrogens (tertiary/aromatic N) is 4. The van der Waals surface area contributed by atoms with Crippen LogP contribution < -0.4 is 0 Å². The molecule has 4 rings (SSSR count). The minimum absolute atomic E-state index is 0.493. The number of halogens is 1. The second-order valence-corrected chi connectivity index (χ2v) is 6.68. The molecule has 2 aromatic rings. The second kappa shape index (κ2) is 4.90. The van der Waals surface area contributed by atoms with E-state index in [0.29, 0.717) is 10.3 Å². The summed E-state index contributed by atoms with van der Waals surface area (Å²) in [5.41, 5.74) is 2.23. The molecule has 2 heterocycles. The maximum absolute atomic E-state index is 6.06. The van der Waals surface area contributed by atoms with Gasteiger partial charge in [0.05, 0.1) is 11.0 Å². The van der Waals surface area contributed by atoms with Crippen molar-refractivity contribution in [2.45, 2.75) is 36.1 Å². The van der Waals surface area contributed by atoms with Crippen molar-refractivity contribution in [2.75, 3.05) is 0 Å². The largest absolute Gasteiger partial charge is 0.213 e. The van der Waals surface area contributed by atoms with Crippen molar-refractivity contribution < 1.29 is 0 Å². The predicted octanol–water partition coefficient (Wildman–Crippen LogP) is 3.85. The summed E-state index contributed by atoms with van der Waals surface area (Å²) >= 11 is 7.84. The molecule has 1 atom stereocenters. The molecule has 1 aliphatic carbocycles. The zero-order valence-electron chi connectivity index (χ0n) is 10.8. The van der Waals surface area contributed by atoms with Gasteiger partial charge in [-0.3, -0.25) is 0 Å². The Morgan fingerprint density at radius 1 is 1.25 bits per heavy atom. The van der Waals surface area contributed by atoms with Crippen LogP contribution in [0.25, 0.3) is 11.4 Å². The van der Waals surface area contributed by atoms with Gasteiger partial charge in [0.1, 0.15) is 0 Å². The van der Waals surface area contributed by atoms with Gasteiger partial charge >= 0.3 is 0 Å². The Balaban J connectivity index is 1.80. The van der Waals surface area contributed by atoms with Gasteiger partial charge < -0.3 is 0 Å². The van der Waals surface area contributed by atoms with Crippen LogP contribution in [0.15, 0.2) is 34.5 Å². The molecule has 0 unspecified atom stereocenters. The maximum atomic E-state index is 6.06. The van der Waals surface area contributed by atoms with Gasteiger partial charge in [-0.1, -0.05) is 41.9 Å². The van der Waals surface area contributed by atoms with E-state index in [4.69, 9.17) is 16.7 Å². The van der Waals surface area contributed by atoms with E-state index in [-0.39, 0.29) is 0 Å². The maximum Gasteiger partial charge on any atom is 0.213 e. The number of aromatic nitrogens is 3. The Bertz CT molecular complexity index is 694. The molecule has 2 aliphatic rings. The molecule has 0 bridgehead atoms. The number of hydrogen-bond donors (Lipinski definition) is 0. The molecule has 0 spiro atoms. The van der Waals surface area contributed by atoms with Crippen molar-refractivity contribution in [1.82, 2.24) is 14.9 Å². The zero-order valence-corrected chi connectivity index (χ0v) is 12.4. The second-order valence-electron chi connectivity index (χ2n) is 5.07.